The molecule has 0 bridgehead atoms. The maximum absolute atomic E-state index is 11.8. The van der Waals surface area contributed by atoms with Gasteiger partial charge in [0.15, 0.2) is 0 Å². The van der Waals surface area contributed by atoms with Crippen molar-refractivity contribution in [1.29, 1.82) is 0 Å². The van der Waals surface area contributed by atoms with Crippen LogP contribution in [-0.4, -0.2) is 19.3 Å². The quantitative estimate of drug-likeness (QED) is 0.462. The summed E-state index contributed by atoms with van der Waals surface area (Å²) >= 11 is 0. The Morgan fingerprint density at radius 3 is 2.55 bits per heavy atom. The van der Waals surface area contributed by atoms with Gasteiger partial charge >= 0.3 is 5.97 Å². The molecule has 0 aromatic rings. The van der Waals surface area contributed by atoms with Crippen LogP contribution in [0.25, 0.3) is 0 Å². The van der Waals surface area contributed by atoms with Crippen LogP contribution in [0.2, 0.25) is 0 Å². The van der Waals surface area contributed by atoms with Gasteiger partial charge in [-0.25, -0.2) is 9.18 Å². The molecule has 0 saturated heterocycles. The second-order valence-electron chi connectivity index (χ2n) is 2.73. The van der Waals surface area contributed by atoms with Crippen LogP contribution in [0.1, 0.15) is 13.8 Å². The molecule has 0 N–H and O–H groups in total. The topological polar surface area (TPSA) is 26.3 Å². The maximum atomic E-state index is 11.8. The van der Waals surface area contributed by atoms with Gasteiger partial charge in [-0.2, -0.15) is 0 Å². The molecule has 0 radical (unpaired) electrons. The van der Waals surface area contributed by atoms with Crippen LogP contribution in [0, 0.1) is 5.92 Å². The monoisotopic (exact) mass is 160 g/mol. The molecule has 0 aromatic carbocycles. The van der Waals surface area contributed by atoms with Crippen molar-refractivity contribution in [2.45, 2.75) is 13.8 Å². The second kappa shape index (κ2) is 4.88. The molecule has 0 amide bonds. The van der Waals surface area contributed by atoms with Crippen LogP contribution in [0.5, 0.6) is 0 Å². The van der Waals surface area contributed by atoms with E-state index in [-0.39, 0.29) is 11.5 Å². The van der Waals surface area contributed by atoms with Gasteiger partial charge in [0, 0.05) is 0 Å². The fraction of sp³-hybridized carbons (Fsp3) is 0.625. The molecule has 0 fully saturated rings. The van der Waals surface area contributed by atoms with E-state index in [9.17, 15) is 9.18 Å². The Morgan fingerprint density at radius 1 is 1.64 bits per heavy atom. The summed E-state index contributed by atoms with van der Waals surface area (Å²) in [5.41, 5.74) is -0.120. The lowest BCUT2D eigenvalue weighted by molar-refractivity contribution is -0.140. The van der Waals surface area contributed by atoms with Crippen LogP contribution in [0.3, 0.4) is 0 Å². The van der Waals surface area contributed by atoms with E-state index in [1.165, 1.54) is 0 Å². The van der Waals surface area contributed by atoms with Crippen molar-refractivity contribution in [2.75, 3.05) is 13.3 Å². The highest BCUT2D eigenvalue weighted by atomic mass is 19.1. The first kappa shape index (κ1) is 10.1. The van der Waals surface area contributed by atoms with Crippen LogP contribution >= 0.6 is 0 Å². The summed E-state index contributed by atoms with van der Waals surface area (Å²) in [6.45, 7) is 6.50. The fourth-order valence-corrected chi connectivity index (χ4v) is 0.399. The van der Waals surface area contributed by atoms with Gasteiger partial charge in [-0.05, 0) is 5.92 Å². The Bertz CT molecular complexity index is 152. The highest BCUT2D eigenvalue weighted by Gasteiger charge is 2.07. The molecule has 2 nitrogen and oxygen atoms in total. The predicted octanol–water partition coefficient (Wildman–Crippen LogP) is 1.71. The summed E-state index contributed by atoms with van der Waals surface area (Å²) in [6, 6.07) is 0. The van der Waals surface area contributed by atoms with Crippen molar-refractivity contribution in [3.63, 3.8) is 0 Å². The zero-order valence-corrected chi connectivity index (χ0v) is 6.89. The lowest BCUT2D eigenvalue weighted by Gasteiger charge is -2.06. The molecule has 0 atom stereocenters. The third-order valence-corrected chi connectivity index (χ3v) is 0.998. The standard InChI is InChI=1S/C8H13FO2/c1-6(2)5-11-8(10)7(3)4-9/h6H,3-5H2,1-2H3. The molecule has 0 unspecified atom stereocenters. The summed E-state index contributed by atoms with van der Waals surface area (Å²) in [4.78, 5) is 10.7. The first-order valence-electron chi connectivity index (χ1n) is 3.48. The van der Waals surface area contributed by atoms with E-state index in [0.717, 1.165) is 0 Å². The van der Waals surface area contributed by atoms with Crippen molar-refractivity contribution in [3.8, 4) is 0 Å². The predicted molar refractivity (Wildman–Crippen MR) is 40.9 cm³/mol. The third-order valence-electron chi connectivity index (χ3n) is 0.998. The highest BCUT2D eigenvalue weighted by Crippen LogP contribution is 1.98. The fourth-order valence-electron chi connectivity index (χ4n) is 0.399. The van der Waals surface area contributed by atoms with Crippen LogP contribution < -0.4 is 0 Å². The lowest BCUT2D eigenvalue weighted by atomic mass is 10.2. The number of alkyl halides is 1. The molecule has 3 heteroatoms. The molecular weight excluding hydrogens is 147 g/mol. The molecule has 0 spiro atoms. The summed E-state index contributed by atoms with van der Waals surface area (Å²) < 4.78 is 16.4. The number of hydrogen-bond acceptors (Lipinski definition) is 2. The number of carbonyl (C=O) groups excluding carboxylic acids is 1. The van der Waals surface area contributed by atoms with Crippen molar-refractivity contribution in [1.82, 2.24) is 0 Å². The Balaban J connectivity index is 3.61. The lowest BCUT2D eigenvalue weighted by Crippen LogP contribution is -2.12. The summed E-state index contributed by atoms with van der Waals surface area (Å²) in [5.74, 6) is -0.368. The van der Waals surface area contributed by atoms with Gasteiger partial charge in [0.2, 0.25) is 0 Å². The average molecular weight is 160 g/mol. The van der Waals surface area contributed by atoms with Crippen molar-refractivity contribution >= 4 is 5.97 Å². The molecule has 0 aromatic heterocycles. The number of esters is 1. The first-order chi connectivity index (χ1) is 5.07. The molecule has 0 aliphatic rings. The van der Waals surface area contributed by atoms with E-state index < -0.39 is 12.6 Å². The minimum Gasteiger partial charge on any atom is -0.462 e. The van der Waals surface area contributed by atoms with Gasteiger partial charge in [0.1, 0.15) is 6.67 Å². The van der Waals surface area contributed by atoms with Crippen LogP contribution in [0.15, 0.2) is 12.2 Å². The maximum Gasteiger partial charge on any atom is 0.336 e. The van der Waals surface area contributed by atoms with Gasteiger partial charge in [0.25, 0.3) is 0 Å². The number of rotatable bonds is 4. The summed E-state index contributed by atoms with van der Waals surface area (Å²) in [7, 11) is 0. The molecule has 64 valence electrons. The van der Waals surface area contributed by atoms with Gasteiger partial charge in [0.05, 0.1) is 12.2 Å². The average Bonchev–Trinajstić information content (AvgIpc) is 1.98. The molecule has 0 rings (SSSR count). The normalized spacial score (nSPS) is 9.82. The first-order valence-corrected chi connectivity index (χ1v) is 3.48. The Labute approximate surface area is 66.0 Å². The molecule has 0 heterocycles. The van der Waals surface area contributed by atoms with E-state index in [4.69, 9.17) is 0 Å². The van der Waals surface area contributed by atoms with E-state index in [1.807, 2.05) is 13.8 Å². The molecular formula is C8H13FO2. The Hall–Kier alpha value is -0.860. The van der Waals surface area contributed by atoms with Crippen molar-refractivity contribution in [3.05, 3.63) is 12.2 Å². The minimum atomic E-state index is -0.836. The SMILES string of the molecule is C=C(CF)C(=O)OCC(C)C. The van der Waals surface area contributed by atoms with E-state index in [2.05, 4.69) is 11.3 Å². The largest absolute Gasteiger partial charge is 0.462 e. The molecule has 0 saturated carbocycles. The number of carbonyl (C=O) groups is 1. The second-order valence-corrected chi connectivity index (χ2v) is 2.73. The smallest absolute Gasteiger partial charge is 0.336 e. The van der Waals surface area contributed by atoms with Crippen molar-refractivity contribution < 1.29 is 13.9 Å². The van der Waals surface area contributed by atoms with Crippen LogP contribution in [-0.2, 0) is 9.53 Å². The van der Waals surface area contributed by atoms with Gasteiger partial charge in [-0.15, -0.1) is 0 Å². The van der Waals surface area contributed by atoms with E-state index >= 15 is 0 Å². The highest BCUT2D eigenvalue weighted by molar-refractivity contribution is 5.87. The minimum absolute atomic E-state index is 0.120. The summed E-state index contributed by atoms with van der Waals surface area (Å²) in [5, 5.41) is 0. The third kappa shape index (κ3) is 4.53. The number of halogens is 1. The van der Waals surface area contributed by atoms with Gasteiger partial charge in [-0.3, -0.25) is 0 Å². The molecule has 11 heavy (non-hydrogen) atoms. The van der Waals surface area contributed by atoms with Crippen LogP contribution in [0.4, 0.5) is 4.39 Å². The van der Waals surface area contributed by atoms with Gasteiger partial charge < -0.3 is 4.74 Å². The molecule has 0 aliphatic carbocycles. The molecule has 0 aliphatic heterocycles. The van der Waals surface area contributed by atoms with Crippen molar-refractivity contribution in [2.24, 2.45) is 5.92 Å². The number of ether oxygens (including phenoxy) is 1. The number of hydrogen-bond donors (Lipinski definition) is 0. The zero-order chi connectivity index (χ0) is 8.85. The Kier molecular flexibility index (Phi) is 4.50. The Morgan fingerprint density at radius 2 is 2.18 bits per heavy atom. The van der Waals surface area contributed by atoms with E-state index in [0.29, 0.717) is 6.61 Å². The van der Waals surface area contributed by atoms with E-state index in [1.54, 1.807) is 0 Å². The zero-order valence-electron chi connectivity index (χ0n) is 6.89. The summed E-state index contributed by atoms with van der Waals surface area (Å²) in [6.07, 6.45) is 0. The van der Waals surface area contributed by atoms with Gasteiger partial charge in [-0.1, -0.05) is 20.4 Å².